The minimum atomic E-state index is -4.58. The molecule has 0 aliphatic carbocycles. The first kappa shape index (κ1) is 46.0. The normalized spacial score (nSPS) is 15.0. The second kappa shape index (κ2) is 31.0. The van der Waals surface area contributed by atoms with Crippen LogP contribution in [0.1, 0.15) is 162 Å². The molecule has 0 saturated heterocycles. The lowest BCUT2D eigenvalue weighted by molar-refractivity contribution is -0.870. The molecule has 3 unspecified atom stereocenters. The molecule has 0 rings (SSSR count). The fourth-order valence-corrected chi connectivity index (χ4v) is 6.01. The minimum Gasteiger partial charge on any atom is -0.756 e. The van der Waals surface area contributed by atoms with Crippen LogP contribution >= 0.6 is 7.82 Å². The van der Waals surface area contributed by atoms with Gasteiger partial charge in [-0.2, -0.15) is 0 Å². The molecular weight excluding hydrogens is 611 g/mol. The fourth-order valence-electron chi connectivity index (χ4n) is 5.28. The van der Waals surface area contributed by atoms with E-state index in [9.17, 15) is 19.4 Å². The summed E-state index contributed by atoms with van der Waals surface area (Å²) in [6, 6.07) is -0.895. The van der Waals surface area contributed by atoms with Gasteiger partial charge in [-0.1, -0.05) is 147 Å². The molecule has 0 aliphatic rings. The van der Waals surface area contributed by atoms with Crippen molar-refractivity contribution < 1.29 is 32.9 Å². The maximum absolute atomic E-state index is 12.8. The van der Waals surface area contributed by atoms with Gasteiger partial charge >= 0.3 is 0 Å². The summed E-state index contributed by atoms with van der Waals surface area (Å²) in [6.07, 6.45) is 33.6. The van der Waals surface area contributed by atoms with Gasteiger partial charge in [-0.05, 0) is 32.1 Å². The molecule has 0 heterocycles. The Balaban J connectivity index is 4.55. The first-order valence-corrected chi connectivity index (χ1v) is 20.7. The molecule has 0 saturated carbocycles. The number of hydrogen-bond acceptors (Lipinski definition) is 6. The van der Waals surface area contributed by atoms with Crippen molar-refractivity contribution in [3.63, 3.8) is 0 Å². The molecule has 0 aromatic carbocycles. The van der Waals surface area contributed by atoms with E-state index in [1.807, 2.05) is 27.2 Å². The number of amides is 1. The standard InChI is InChI=1S/C38H75N2O6P/c1-6-8-10-12-14-16-18-19-20-22-24-26-28-30-32-38(42)39-36(35-46-47(43,44)45-34-33-40(3,4)5)37(41)31-29-27-25-23-21-17-15-13-11-9-7-2/h21,23,29,31,36-37,41H,6-20,22,24-28,30,32-35H2,1-5H3,(H-,39,42,43,44)/b23-21+,31-29+. The van der Waals surface area contributed by atoms with E-state index >= 15 is 0 Å². The number of phosphoric ester groups is 1. The second-order valence-corrected chi connectivity index (χ2v) is 15.7. The van der Waals surface area contributed by atoms with Crippen LogP contribution in [0.3, 0.4) is 0 Å². The number of carbonyl (C=O) groups is 1. The molecule has 0 aromatic rings. The van der Waals surface area contributed by atoms with Crippen LogP contribution in [0.2, 0.25) is 0 Å². The van der Waals surface area contributed by atoms with Gasteiger partial charge in [-0.25, -0.2) is 0 Å². The Morgan fingerprint density at radius 1 is 0.723 bits per heavy atom. The lowest BCUT2D eigenvalue weighted by atomic mass is 10.0. The van der Waals surface area contributed by atoms with Crippen LogP contribution in [0, 0.1) is 0 Å². The van der Waals surface area contributed by atoms with Gasteiger partial charge in [0.1, 0.15) is 13.2 Å². The highest BCUT2D eigenvalue weighted by molar-refractivity contribution is 7.45. The van der Waals surface area contributed by atoms with Crippen LogP contribution in [0.5, 0.6) is 0 Å². The third-order valence-corrected chi connectivity index (χ3v) is 9.38. The van der Waals surface area contributed by atoms with Crippen LogP contribution in [0.4, 0.5) is 0 Å². The molecule has 0 fully saturated rings. The van der Waals surface area contributed by atoms with Gasteiger partial charge in [0.05, 0.1) is 39.9 Å². The Bertz CT molecular complexity index is 829. The molecule has 1 amide bonds. The van der Waals surface area contributed by atoms with Gasteiger partial charge < -0.3 is 28.8 Å². The van der Waals surface area contributed by atoms with E-state index in [4.69, 9.17) is 9.05 Å². The second-order valence-electron chi connectivity index (χ2n) is 14.3. The zero-order chi connectivity index (χ0) is 35.1. The van der Waals surface area contributed by atoms with E-state index in [1.54, 1.807) is 6.08 Å². The zero-order valence-electron chi connectivity index (χ0n) is 31.2. The van der Waals surface area contributed by atoms with Gasteiger partial charge in [0, 0.05) is 6.42 Å². The molecule has 0 aromatic heterocycles. The topological polar surface area (TPSA) is 108 Å². The van der Waals surface area contributed by atoms with Gasteiger partial charge in [0.25, 0.3) is 7.82 Å². The number of nitrogens with zero attached hydrogens (tertiary/aromatic N) is 1. The number of quaternary nitrogens is 1. The smallest absolute Gasteiger partial charge is 0.268 e. The Hall–Kier alpha value is -1.02. The number of carbonyl (C=O) groups excluding carboxylic acids is 1. The van der Waals surface area contributed by atoms with Crippen molar-refractivity contribution in [2.24, 2.45) is 0 Å². The summed E-state index contributed by atoms with van der Waals surface area (Å²) in [7, 11) is 1.24. The van der Waals surface area contributed by atoms with Crippen LogP contribution in [0.25, 0.3) is 0 Å². The van der Waals surface area contributed by atoms with Crippen molar-refractivity contribution in [3.8, 4) is 0 Å². The first-order valence-electron chi connectivity index (χ1n) is 19.2. The molecule has 9 heteroatoms. The highest BCUT2D eigenvalue weighted by Gasteiger charge is 2.23. The van der Waals surface area contributed by atoms with Crippen molar-refractivity contribution in [2.75, 3.05) is 40.9 Å². The van der Waals surface area contributed by atoms with Crippen molar-refractivity contribution in [3.05, 3.63) is 24.3 Å². The van der Waals surface area contributed by atoms with Gasteiger partial charge in [0.15, 0.2) is 0 Å². The Kier molecular flexibility index (Phi) is 30.3. The van der Waals surface area contributed by atoms with Crippen molar-refractivity contribution in [1.82, 2.24) is 5.32 Å². The number of likely N-dealkylation sites (N-methyl/N-ethyl adjacent to an activating group) is 1. The lowest BCUT2D eigenvalue weighted by Gasteiger charge is -2.29. The maximum Gasteiger partial charge on any atom is 0.268 e. The quantitative estimate of drug-likeness (QED) is 0.0303. The molecule has 0 radical (unpaired) electrons. The Morgan fingerprint density at radius 2 is 1.19 bits per heavy atom. The van der Waals surface area contributed by atoms with E-state index in [-0.39, 0.29) is 19.1 Å². The summed E-state index contributed by atoms with van der Waals surface area (Å²) in [4.78, 5) is 25.1. The predicted molar refractivity (Wildman–Crippen MR) is 196 cm³/mol. The summed E-state index contributed by atoms with van der Waals surface area (Å²) in [5, 5.41) is 13.6. The summed E-state index contributed by atoms with van der Waals surface area (Å²) in [6.45, 7) is 4.58. The largest absolute Gasteiger partial charge is 0.756 e. The summed E-state index contributed by atoms with van der Waals surface area (Å²) in [5.41, 5.74) is 0. The summed E-state index contributed by atoms with van der Waals surface area (Å²) in [5.74, 6) is -0.210. The third kappa shape index (κ3) is 33.3. The highest BCUT2D eigenvalue weighted by atomic mass is 31.2. The van der Waals surface area contributed by atoms with E-state index < -0.39 is 20.0 Å². The fraction of sp³-hybridized carbons (Fsp3) is 0.868. The van der Waals surface area contributed by atoms with Gasteiger partial charge in [0.2, 0.25) is 5.91 Å². The van der Waals surface area contributed by atoms with Crippen molar-refractivity contribution in [1.29, 1.82) is 0 Å². The SMILES string of the molecule is CCCCCCC/C=C/CC/C=C/C(O)C(COP(=O)([O-])OCC[N+](C)(C)C)NC(=O)CCCCCCCCCCCCCCCC. The number of rotatable bonds is 34. The van der Waals surface area contributed by atoms with Gasteiger partial charge in [-0.3, -0.25) is 9.36 Å². The number of aliphatic hydroxyl groups is 1. The molecule has 8 nitrogen and oxygen atoms in total. The minimum absolute atomic E-state index is 0.00482. The monoisotopic (exact) mass is 687 g/mol. The van der Waals surface area contributed by atoms with Crippen molar-refractivity contribution in [2.45, 2.75) is 174 Å². The number of hydrogen-bond donors (Lipinski definition) is 2. The van der Waals surface area contributed by atoms with Crippen LogP contribution in [-0.2, 0) is 18.4 Å². The summed E-state index contributed by atoms with van der Waals surface area (Å²) < 4.78 is 23.0. The molecule has 0 spiro atoms. The molecule has 47 heavy (non-hydrogen) atoms. The van der Waals surface area contributed by atoms with Crippen molar-refractivity contribution >= 4 is 13.7 Å². The molecule has 278 valence electrons. The lowest BCUT2D eigenvalue weighted by Crippen LogP contribution is -2.45. The average Bonchev–Trinajstić information content (AvgIpc) is 3.01. The number of allylic oxidation sites excluding steroid dienone is 3. The molecule has 0 aliphatic heterocycles. The molecule has 2 N–H and O–H groups in total. The summed E-state index contributed by atoms with van der Waals surface area (Å²) >= 11 is 0. The Labute approximate surface area is 290 Å². The molecule has 3 atom stereocenters. The van der Waals surface area contributed by atoms with Crippen LogP contribution in [-0.4, -0.2) is 68.5 Å². The highest BCUT2D eigenvalue weighted by Crippen LogP contribution is 2.38. The van der Waals surface area contributed by atoms with E-state index in [1.165, 1.54) is 103 Å². The van der Waals surface area contributed by atoms with E-state index in [2.05, 4.69) is 31.3 Å². The van der Waals surface area contributed by atoms with E-state index in [0.717, 1.165) is 38.5 Å². The number of aliphatic hydroxyl groups excluding tert-OH is 1. The van der Waals surface area contributed by atoms with Gasteiger partial charge in [-0.15, -0.1) is 0 Å². The number of phosphoric acid groups is 1. The van der Waals surface area contributed by atoms with Crippen LogP contribution < -0.4 is 10.2 Å². The van der Waals surface area contributed by atoms with Crippen LogP contribution in [0.15, 0.2) is 24.3 Å². The molecular formula is C38H75N2O6P. The average molecular weight is 687 g/mol. The Morgan fingerprint density at radius 3 is 1.72 bits per heavy atom. The zero-order valence-corrected chi connectivity index (χ0v) is 32.1. The van der Waals surface area contributed by atoms with E-state index in [0.29, 0.717) is 17.4 Å². The third-order valence-electron chi connectivity index (χ3n) is 8.41. The number of unbranched alkanes of at least 4 members (excludes halogenated alkanes) is 19. The molecule has 0 bridgehead atoms. The first-order chi connectivity index (χ1) is 22.5. The number of nitrogens with one attached hydrogen (secondary N) is 1. The maximum atomic E-state index is 12.8. The predicted octanol–water partition coefficient (Wildman–Crippen LogP) is 9.16.